The Morgan fingerprint density at radius 2 is 0.889 bits per heavy atom. The van der Waals surface area contributed by atoms with Crippen LogP contribution in [0.1, 0.15) is 79.0 Å². The number of hydrogen-bond acceptors (Lipinski definition) is 0. The van der Waals surface area contributed by atoms with Gasteiger partial charge < -0.3 is 0 Å². The Bertz CT molecular complexity index is 385. The van der Waals surface area contributed by atoms with Crippen molar-refractivity contribution in [3.05, 3.63) is 34.9 Å². The standard InChI is InChI=1S/C18H30/c1-16(2,3)13-11-10-12-14(17(4,5)6)15(13)18(7,8)9/h10-12H,1-9H3. The molecule has 0 unspecified atom stereocenters. The van der Waals surface area contributed by atoms with E-state index >= 15 is 0 Å². The molecule has 18 heavy (non-hydrogen) atoms. The molecular formula is C18H30. The predicted octanol–water partition coefficient (Wildman–Crippen LogP) is 5.58. The zero-order chi connectivity index (χ0) is 14.4. The monoisotopic (exact) mass is 246 g/mol. The fourth-order valence-corrected chi connectivity index (χ4v) is 2.61. The SMILES string of the molecule is CC(C)(C)c1cccc(C(C)(C)C)c1C(C)(C)C. The van der Waals surface area contributed by atoms with E-state index in [1.54, 1.807) is 0 Å². The number of hydrogen-bond donors (Lipinski definition) is 0. The van der Waals surface area contributed by atoms with Gasteiger partial charge in [-0.05, 0) is 32.9 Å². The van der Waals surface area contributed by atoms with Crippen LogP contribution in [0.2, 0.25) is 0 Å². The molecule has 0 saturated carbocycles. The molecule has 0 nitrogen and oxygen atoms in total. The Labute approximate surface area is 114 Å². The van der Waals surface area contributed by atoms with E-state index < -0.39 is 0 Å². The van der Waals surface area contributed by atoms with Crippen LogP contribution in [-0.4, -0.2) is 0 Å². The minimum absolute atomic E-state index is 0.187. The predicted molar refractivity (Wildman–Crippen MR) is 82.5 cm³/mol. The van der Waals surface area contributed by atoms with Crippen LogP contribution in [-0.2, 0) is 16.2 Å². The maximum absolute atomic E-state index is 2.33. The van der Waals surface area contributed by atoms with Crippen molar-refractivity contribution < 1.29 is 0 Å². The third-order valence-electron chi connectivity index (χ3n) is 3.43. The molecule has 1 aromatic carbocycles. The van der Waals surface area contributed by atoms with Crippen LogP contribution < -0.4 is 0 Å². The lowest BCUT2D eigenvalue weighted by atomic mass is 9.69. The lowest BCUT2D eigenvalue weighted by Crippen LogP contribution is -2.27. The first-order chi connectivity index (χ1) is 7.85. The Kier molecular flexibility index (Phi) is 3.74. The highest BCUT2D eigenvalue weighted by Gasteiger charge is 2.30. The molecule has 0 spiro atoms. The molecule has 0 fully saturated rings. The third-order valence-corrected chi connectivity index (χ3v) is 3.43. The molecule has 0 heteroatoms. The first-order valence-electron chi connectivity index (χ1n) is 6.99. The second-order valence-corrected chi connectivity index (χ2v) is 8.48. The van der Waals surface area contributed by atoms with Crippen LogP contribution in [0.15, 0.2) is 18.2 Å². The topological polar surface area (TPSA) is 0 Å². The molecule has 0 aliphatic carbocycles. The van der Waals surface area contributed by atoms with Crippen LogP contribution >= 0.6 is 0 Å². The molecule has 102 valence electrons. The van der Waals surface area contributed by atoms with Gasteiger partial charge in [0.25, 0.3) is 0 Å². The fraction of sp³-hybridized carbons (Fsp3) is 0.667. The summed E-state index contributed by atoms with van der Waals surface area (Å²) < 4.78 is 0. The third kappa shape index (κ3) is 3.16. The van der Waals surface area contributed by atoms with Gasteiger partial charge in [0.05, 0.1) is 0 Å². The van der Waals surface area contributed by atoms with Crippen molar-refractivity contribution >= 4 is 0 Å². The van der Waals surface area contributed by atoms with E-state index in [2.05, 4.69) is 80.5 Å². The van der Waals surface area contributed by atoms with E-state index in [0.29, 0.717) is 0 Å². The van der Waals surface area contributed by atoms with Crippen molar-refractivity contribution in [2.75, 3.05) is 0 Å². The van der Waals surface area contributed by atoms with Crippen molar-refractivity contribution in [2.45, 2.75) is 78.6 Å². The first kappa shape index (κ1) is 15.3. The van der Waals surface area contributed by atoms with Gasteiger partial charge in [-0.1, -0.05) is 80.5 Å². The lowest BCUT2D eigenvalue weighted by molar-refractivity contribution is 0.498. The molecule has 1 rings (SSSR count). The van der Waals surface area contributed by atoms with Gasteiger partial charge in [-0.3, -0.25) is 0 Å². The van der Waals surface area contributed by atoms with Crippen molar-refractivity contribution in [1.29, 1.82) is 0 Å². The van der Waals surface area contributed by atoms with Gasteiger partial charge in [0.1, 0.15) is 0 Å². The quantitative estimate of drug-likeness (QED) is 0.560. The second kappa shape index (κ2) is 4.40. The lowest BCUT2D eigenvalue weighted by Gasteiger charge is -2.36. The summed E-state index contributed by atoms with van der Waals surface area (Å²) in [5.41, 5.74) is 5.09. The summed E-state index contributed by atoms with van der Waals surface area (Å²) in [5, 5.41) is 0. The Balaban J connectivity index is 3.68. The Morgan fingerprint density at radius 3 is 1.11 bits per heavy atom. The van der Waals surface area contributed by atoms with Gasteiger partial charge in [0, 0.05) is 0 Å². The van der Waals surface area contributed by atoms with Crippen LogP contribution in [0.25, 0.3) is 0 Å². The minimum Gasteiger partial charge on any atom is -0.0617 e. The van der Waals surface area contributed by atoms with Gasteiger partial charge >= 0.3 is 0 Å². The smallest absolute Gasteiger partial charge is 0.0126 e. The maximum atomic E-state index is 2.33. The molecule has 1 aromatic rings. The largest absolute Gasteiger partial charge is 0.0617 e. The molecule has 0 atom stereocenters. The highest BCUT2D eigenvalue weighted by atomic mass is 14.3. The zero-order valence-corrected chi connectivity index (χ0v) is 13.7. The van der Waals surface area contributed by atoms with Crippen molar-refractivity contribution in [3.63, 3.8) is 0 Å². The summed E-state index contributed by atoms with van der Waals surface area (Å²) in [5.74, 6) is 0. The van der Waals surface area contributed by atoms with E-state index in [-0.39, 0.29) is 16.2 Å². The van der Waals surface area contributed by atoms with Gasteiger partial charge in [0.2, 0.25) is 0 Å². The minimum atomic E-state index is 0.187. The average molecular weight is 246 g/mol. The average Bonchev–Trinajstić information content (AvgIpc) is 2.12. The van der Waals surface area contributed by atoms with Crippen LogP contribution in [0.4, 0.5) is 0 Å². The summed E-state index contributed by atoms with van der Waals surface area (Å²) in [6.45, 7) is 20.8. The molecule has 0 aliphatic rings. The molecule has 0 aliphatic heterocycles. The summed E-state index contributed by atoms with van der Waals surface area (Å²) in [6, 6.07) is 6.82. The first-order valence-corrected chi connectivity index (χ1v) is 6.99. The van der Waals surface area contributed by atoms with Gasteiger partial charge in [-0.25, -0.2) is 0 Å². The summed E-state index contributed by atoms with van der Waals surface area (Å²) in [6.07, 6.45) is 0. The summed E-state index contributed by atoms with van der Waals surface area (Å²) in [4.78, 5) is 0. The van der Waals surface area contributed by atoms with E-state index in [1.807, 2.05) is 0 Å². The number of benzene rings is 1. The maximum Gasteiger partial charge on any atom is -0.0126 e. The second-order valence-electron chi connectivity index (χ2n) is 8.48. The Morgan fingerprint density at radius 1 is 0.556 bits per heavy atom. The van der Waals surface area contributed by atoms with Gasteiger partial charge in [-0.2, -0.15) is 0 Å². The van der Waals surface area contributed by atoms with E-state index in [4.69, 9.17) is 0 Å². The molecule has 0 aromatic heterocycles. The normalized spacial score (nSPS) is 13.8. The highest BCUT2D eigenvalue weighted by molar-refractivity contribution is 5.46. The van der Waals surface area contributed by atoms with E-state index in [9.17, 15) is 0 Å². The summed E-state index contributed by atoms with van der Waals surface area (Å²) in [7, 11) is 0. The van der Waals surface area contributed by atoms with Crippen LogP contribution in [0.3, 0.4) is 0 Å². The van der Waals surface area contributed by atoms with Crippen molar-refractivity contribution in [2.24, 2.45) is 0 Å². The molecule has 0 heterocycles. The summed E-state index contributed by atoms with van der Waals surface area (Å²) >= 11 is 0. The molecule has 0 amide bonds. The van der Waals surface area contributed by atoms with E-state index in [1.165, 1.54) is 16.7 Å². The molecule has 0 bridgehead atoms. The zero-order valence-electron chi connectivity index (χ0n) is 13.7. The molecule has 0 radical (unpaired) electrons. The van der Waals surface area contributed by atoms with Crippen molar-refractivity contribution in [3.8, 4) is 0 Å². The Hall–Kier alpha value is -0.780. The van der Waals surface area contributed by atoms with Gasteiger partial charge in [-0.15, -0.1) is 0 Å². The van der Waals surface area contributed by atoms with Crippen LogP contribution in [0, 0.1) is 0 Å². The molecule has 0 saturated heterocycles. The molecule has 0 N–H and O–H groups in total. The van der Waals surface area contributed by atoms with Gasteiger partial charge in [0.15, 0.2) is 0 Å². The van der Waals surface area contributed by atoms with Crippen LogP contribution in [0.5, 0.6) is 0 Å². The molecular weight excluding hydrogens is 216 g/mol. The van der Waals surface area contributed by atoms with E-state index in [0.717, 1.165) is 0 Å². The van der Waals surface area contributed by atoms with Crippen molar-refractivity contribution in [1.82, 2.24) is 0 Å². The highest BCUT2D eigenvalue weighted by Crippen LogP contribution is 2.40. The fourth-order valence-electron chi connectivity index (χ4n) is 2.61. The number of rotatable bonds is 0.